The highest BCUT2D eigenvalue weighted by atomic mass is 16.4. The number of carbonyl (C=O) groups is 5. The molecule has 1 aliphatic heterocycles. The molecule has 29 heavy (non-hydrogen) atoms. The molecule has 0 aromatic carbocycles. The molecule has 13 heteroatoms. The summed E-state index contributed by atoms with van der Waals surface area (Å²) in [6.45, 7) is 1.05. The Morgan fingerprint density at radius 1 is 1.10 bits per heavy atom. The molecular formula is C16H27N5O8. The van der Waals surface area contributed by atoms with Crippen molar-refractivity contribution in [3.63, 3.8) is 0 Å². The van der Waals surface area contributed by atoms with E-state index in [2.05, 4.69) is 16.0 Å². The maximum absolute atomic E-state index is 12.4. The summed E-state index contributed by atoms with van der Waals surface area (Å²) in [5.74, 6) is -5.04. The predicted molar refractivity (Wildman–Crippen MR) is 97.0 cm³/mol. The van der Waals surface area contributed by atoms with Gasteiger partial charge in [0.05, 0.1) is 25.2 Å². The predicted octanol–water partition coefficient (Wildman–Crippen LogP) is -4.47. The Hall–Kier alpha value is -2.77. The Kier molecular flexibility index (Phi) is 9.44. The number of primary amides is 1. The van der Waals surface area contributed by atoms with Crippen molar-refractivity contribution in [2.24, 2.45) is 5.73 Å². The van der Waals surface area contributed by atoms with Crippen LogP contribution in [0.3, 0.4) is 0 Å². The number of amides is 4. The second-order valence-electron chi connectivity index (χ2n) is 6.69. The number of carboxylic acids is 1. The third-order valence-electron chi connectivity index (χ3n) is 4.27. The number of nitrogens with one attached hydrogen (secondary N) is 4. The zero-order valence-electron chi connectivity index (χ0n) is 15.9. The zero-order chi connectivity index (χ0) is 22.1. The van der Waals surface area contributed by atoms with Crippen molar-refractivity contribution in [3.8, 4) is 0 Å². The van der Waals surface area contributed by atoms with Crippen molar-refractivity contribution in [3.05, 3.63) is 0 Å². The highest BCUT2D eigenvalue weighted by Gasteiger charge is 2.33. The first-order valence-electron chi connectivity index (χ1n) is 9.01. The van der Waals surface area contributed by atoms with E-state index in [1.165, 1.54) is 6.92 Å². The number of hydrogen-bond acceptors (Lipinski definition) is 8. The summed E-state index contributed by atoms with van der Waals surface area (Å²) in [4.78, 5) is 58.8. The van der Waals surface area contributed by atoms with Crippen LogP contribution in [0.4, 0.5) is 0 Å². The van der Waals surface area contributed by atoms with E-state index >= 15 is 0 Å². The first-order valence-corrected chi connectivity index (χ1v) is 9.01. The molecule has 0 aromatic rings. The minimum absolute atomic E-state index is 0.498. The summed E-state index contributed by atoms with van der Waals surface area (Å²) in [5, 5.41) is 37.7. The van der Waals surface area contributed by atoms with Gasteiger partial charge in [-0.1, -0.05) is 0 Å². The maximum Gasteiger partial charge on any atom is 0.326 e. The molecule has 0 saturated carbocycles. The molecule has 1 aliphatic rings. The number of rotatable bonds is 11. The van der Waals surface area contributed by atoms with Gasteiger partial charge in [0.25, 0.3) is 0 Å². The smallest absolute Gasteiger partial charge is 0.326 e. The van der Waals surface area contributed by atoms with Crippen molar-refractivity contribution < 1.29 is 39.3 Å². The molecule has 1 fully saturated rings. The standard InChI is InChI=1S/C16H27N5O8/c1-7(23)12(15(27)19-9(16(28)29)5-11(17)24)21-14(26)10(6-22)20-13(25)8-3-2-4-18-8/h7-10,12,18,22-23H,2-6H2,1H3,(H2,17,24)(H,19,27)(H,20,25)(H,21,26)(H,28,29). The lowest BCUT2D eigenvalue weighted by Gasteiger charge is -2.25. The van der Waals surface area contributed by atoms with Crippen LogP contribution in [-0.2, 0) is 24.0 Å². The largest absolute Gasteiger partial charge is 0.480 e. The Balaban J connectivity index is 2.77. The van der Waals surface area contributed by atoms with Crippen LogP contribution in [0.5, 0.6) is 0 Å². The van der Waals surface area contributed by atoms with E-state index in [4.69, 9.17) is 10.8 Å². The van der Waals surface area contributed by atoms with Gasteiger partial charge in [-0.3, -0.25) is 19.2 Å². The summed E-state index contributed by atoms with van der Waals surface area (Å²) >= 11 is 0. The minimum atomic E-state index is -1.65. The van der Waals surface area contributed by atoms with Crippen molar-refractivity contribution in [2.75, 3.05) is 13.2 Å². The van der Waals surface area contributed by atoms with Gasteiger partial charge in [-0.2, -0.15) is 0 Å². The highest BCUT2D eigenvalue weighted by Crippen LogP contribution is 2.05. The Morgan fingerprint density at radius 2 is 1.76 bits per heavy atom. The average molecular weight is 417 g/mol. The molecular weight excluding hydrogens is 390 g/mol. The van der Waals surface area contributed by atoms with Crippen molar-refractivity contribution in [1.29, 1.82) is 0 Å². The van der Waals surface area contributed by atoms with Crippen LogP contribution in [-0.4, -0.2) is 88.3 Å². The van der Waals surface area contributed by atoms with Gasteiger partial charge in [0.2, 0.25) is 23.6 Å². The number of carbonyl (C=O) groups excluding carboxylic acids is 4. The molecule has 1 heterocycles. The Labute approximate surface area is 166 Å². The summed E-state index contributed by atoms with van der Waals surface area (Å²) in [6, 6.07) is -5.15. The number of aliphatic carboxylic acids is 1. The molecule has 5 unspecified atom stereocenters. The summed E-state index contributed by atoms with van der Waals surface area (Å²) in [6.07, 6.45) is -0.783. The van der Waals surface area contributed by atoms with E-state index in [1.807, 2.05) is 5.32 Å². The fraction of sp³-hybridized carbons (Fsp3) is 0.688. The first kappa shape index (κ1) is 24.3. The molecule has 0 bridgehead atoms. The first-order chi connectivity index (χ1) is 13.6. The summed E-state index contributed by atoms with van der Waals surface area (Å²) in [5.41, 5.74) is 4.93. The van der Waals surface area contributed by atoms with Crippen LogP contribution < -0.4 is 27.0 Å². The number of hydrogen-bond donors (Lipinski definition) is 8. The summed E-state index contributed by atoms with van der Waals surface area (Å²) in [7, 11) is 0. The number of aliphatic hydroxyl groups excluding tert-OH is 2. The van der Waals surface area contributed by atoms with E-state index in [9.17, 15) is 34.2 Å². The normalized spacial score (nSPS) is 20.0. The molecule has 0 spiro atoms. The van der Waals surface area contributed by atoms with Crippen LogP contribution >= 0.6 is 0 Å². The van der Waals surface area contributed by atoms with Crippen LogP contribution in [0.25, 0.3) is 0 Å². The molecule has 1 rings (SSSR count). The molecule has 0 aromatic heterocycles. The number of nitrogens with two attached hydrogens (primary N) is 1. The number of carboxylic acid groups (broad SMARTS) is 1. The van der Waals surface area contributed by atoms with E-state index in [0.717, 1.165) is 6.42 Å². The summed E-state index contributed by atoms with van der Waals surface area (Å²) < 4.78 is 0. The third-order valence-corrected chi connectivity index (χ3v) is 4.27. The van der Waals surface area contributed by atoms with Gasteiger partial charge in [0.1, 0.15) is 18.1 Å². The lowest BCUT2D eigenvalue weighted by molar-refractivity contribution is -0.144. The van der Waals surface area contributed by atoms with Crippen LogP contribution in [0, 0.1) is 0 Å². The van der Waals surface area contributed by atoms with Gasteiger partial charge < -0.3 is 42.3 Å². The van der Waals surface area contributed by atoms with E-state index in [0.29, 0.717) is 13.0 Å². The van der Waals surface area contributed by atoms with Crippen LogP contribution in [0.2, 0.25) is 0 Å². The highest BCUT2D eigenvalue weighted by molar-refractivity contribution is 5.95. The van der Waals surface area contributed by atoms with Gasteiger partial charge in [0.15, 0.2) is 0 Å². The topological polar surface area (TPSA) is 220 Å². The van der Waals surface area contributed by atoms with Gasteiger partial charge >= 0.3 is 5.97 Å². The fourth-order valence-electron chi connectivity index (χ4n) is 2.70. The quantitative estimate of drug-likeness (QED) is 0.162. The minimum Gasteiger partial charge on any atom is -0.480 e. The zero-order valence-corrected chi connectivity index (χ0v) is 15.9. The molecule has 9 N–H and O–H groups in total. The van der Waals surface area contributed by atoms with Crippen molar-refractivity contribution in [1.82, 2.24) is 21.3 Å². The van der Waals surface area contributed by atoms with Crippen molar-refractivity contribution in [2.45, 2.75) is 56.5 Å². The maximum atomic E-state index is 12.4. The Bertz CT molecular complexity index is 635. The van der Waals surface area contributed by atoms with Crippen LogP contribution in [0.1, 0.15) is 26.2 Å². The van der Waals surface area contributed by atoms with Gasteiger partial charge in [-0.15, -0.1) is 0 Å². The molecule has 0 radical (unpaired) electrons. The number of aliphatic hydroxyl groups is 2. The molecule has 164 valence electrons. The molecule has 1 saturated heterocycles. The lowest BCUT2D eigenvalue weighted by Crippen LogP contribution is -2.60. The van der Waals surface area contributed by atoms with E-state index < -0.39 is 72.9 Å². The van der Waals surface area contributed by atoms with E-state index in [1.54, 1.807) is 0 Å². The van der Waals surface area contributed by atoms with Gasteiger partial charge in [-0.25, -0.2) is 4.79 Å². The van der Waals surface area contributed by atoms with E-state index in [-0.39, 0.29) is 0 Å². The third kappa shape index (κ3) is 7.63. The molecule has 5 atom stereocenters. The van der Waals surface area contributed by atoms with Crippen LogP contribution in [0.15, 0.2) is 0 Å². The van der Waals surface area contributed by atoms with Gasteiger partial charge in [0, 0.05) is 0 Å². The fourth-order valence-corrected chi connectivity index (χ4v) is 2.70. The second-order valence-corrected chi connectivity index (χ2v) is 6.69. The van der Waals surface area contributed by atoms with Gasteiger partial charge in [-0.05, 0) is 26.3 Å². The molecule has 0 aliphatic carbocycles. The average Bonchev–Trinajstić information content (AvgIpc) is 3.17. The molecule has 13 nitrogen and oxygen atoms in total. The van der Waals surface area contributed by atoms with Crippen molar-refractivity contribution >= 4 is 29.6 Å². The molecule has 4 amide bonds. The Morgan fingerprint density at radius 3 is 2.21 bits per heavy atom. The second kappa shape index (κ2) is 11.3. The monoisotopic (exact) mass is 417 g/mol. The SMILES string of the molecule is CC(O)C(NC(=O)C(CO)NC(=O)C1CCCN1)C(=O)NC(CC(N)=O)C(=O)O. The lowest BCUT2D eigenvalue weighted by atomic mass is 10.1.